The smallest absolute Gasteiger partial charge is 0.350 e. The Balaban J connectivity index is 1.79. The quantitative estimate of drug-likeness (QED) is 0.818. The molecule has 20 heavy (non-hydrogen) atoms. The molecule has 0 aromatic heterocycles. The van der Waals surface area contributed by atoms with Gasteiger partial charge in [0.2, 0.25) is 6.10 Å². The van der Waals surface area contributed by atoms with Gasteiger partial charge < -0.3 is 14.9 Å². The van der Waals surface area contributed by atoms with Gasteiger partial charge in [-0.05, 0) is 19.1 Å². The van der Waals surface area contributed by atoms with Crippen molar-refractivity contribution in [1.29, 1.82) is 0 Å². The van der Waals surface area contributed by atoms with Crippen molar-refractivity contribution in [2.75, 3.05) is 13.2 Å². The van der Waals surface area contributed by atoms with Crippen molar-refractivity contribution in [2.45, 2.75) is 19.4 Å². The number of benzene rings is 1. The molecule has 1 unspecified atom stereocenters. The van der Waals surface area contributed by atoms with Crippen LogP contribution in [0.2, 0.25) is 0 Å². The summed E-state index contributed by atoms with van der Waals surface area (Å²) in [5.41, 5.74) is 1.20. The monoisotopic (exact) mass is 276 g/mol. The molecule has 1 N–H and O–H groups in total. The number of ether oxygens (including phenoxy) is 1. The molecule has 0 saturated heterocycles. The van der Waals surface area contributed by atoms with Crippen LogP contribution in [0.4, 0.5) is 0 Å². The van der Waals surface area contributed by atoms with Crippen LogP contribution in [-0.4, -0.2) is 36.8 Å². The Hall–Kier alpha value is -2.37. The maximum atomic E-state index is 11.8. The van der Waals surface area contributed by atoms with Crippen molar-refractivity contribution < 1.29 is 19.2 Å². The summed E-state index contributed by atoms with van der Waals surface area (Å²) < 4.78 is 4.84. The van der Waals surface area contributed by atoms with E-state index in [9.17, 15) is 9.59 Å². The highest BCUT2D eigenvalue weighted by Gasteiger charge is 2.29. The number of esters is 1. The van der Waals surface area contributed by atoms with E-state index in [0.717, 1.165) is 0 Å². The number of amides is 1. The molecule has 0 aliphatic carbocycles. The van der Waals surface area contributed by atoms with E-state index in [1.54, 1.807) is 31.2 Å². The molecule has 1 aliphatic rings. The molecule has 6 nitrogen and oxygen atoms in total. The Morgan fingerprint density at radius 2 is 2.15 bits per heavy atom. The number of rotatable bonds is 5. The average Bonchev–Trinajstić information content (AvgIpc) is 2.95. The second-order valence-electron chi connectivity index (χ2n) is 4.26. The highest BCUT2D eigenvalue weighted by atomic mass is 16.7. The SMILES string of the molecule is CCOC(=O)C1CC(CNC(=O)c2ccccc2)=NO1. The lowest BCUT2D eigenvalue weighted by molar-refractivity contribution is -0.154. The molecule has 0 spiro atoms. The first kappa shape index (κ1) is 14.0. The molecule has 1 atom stereocenters. The summed E-state index contributed by atoms with van der Waals surface area (Å²) in [5, 5.41) is 6.52. The molecular weight excluding hydrogens is 260 g/mol. The van der Waals surface area contributed by atoms with Crippen molar-refractivity contribution in [3.8, 4) is 0 Å². The van der Waals surface area contributed by atoms with Crippen molar-refractivity contribution >= 4 is 17.6 Å². The van der Waals surface area contributed by atoms with Gasteiger partial charge >= 0.3 is 5.97 Å². The largest absolute Gasteiger partial charge is 0.463 e. The standard InChI is InChI=1S/C14H16N2O4/c1-2-19-14(18)12-8-11(16-20-12)9-15-13(17)10-6-4-3-5-7-10/h3-7,12H,2,8-9H2,1H3,(H,15,17). The molecule has 2 rings (SSSR count). The molecule has 1 aromatic carbocycles. The van der Waals surface area contributed by atoms with Gasteiger partial charge in [0.15, 0.2) is 0 Å². The van der Waals surface area contributed by atoms with E-state index >= 15 is 0 Å². The summed E-state index contributed by atoms with van der Waals surface area (Å²) in [4.78, 5) is 28.2. The topological polar surface area (TPSA) is 77.0 Å². The van der Waals surface area contributed by atoms with Crippen LogP contribution in [0, 0.1) is 0 Å². The molecule has 1 amide bonds. The van der Waals surface area contributed by atoms with Gasteiger partial charge in [-0.2, -0.15) is 0 Å². The average molecular weight is 276 g/mol. The van der Waals surface area contributed by atoms with Crippen LogP contribution in [0.1, 0.15) is 23.7 Å². The molecule has 1 aliphatic heterocycles. The molecule has 0 radical (unpaired) electrons. The Labute approximate surface area is 116 Å². The van der Waals surface area contributed by atoms with Gasteiger partial charge in [0.25, 0.3) is 5.91 Å². The third-order valence-electron chi connectivity index (χ3n) is 2.77. The maximum Gasteiger partial charge on any atom is 0.350 e. The second-order valence-corrected chi connectivity index (χ2v) is 4.26. The summed E-state index contributed by atoms with van der Waals surface area (Å²) in [6.07, 6.45) is -0.355. The normalized spacial score (nSPS) is 17.1. The van der Waals surface area contributed by atoms with Gasteiger partial charge in [-0.1, -0.05) is 23.4 Å². The Bertz CT molecular complexity index is 513. The number of oxime groups is 1. The van der Waals surface area contributed by atoms with E-state index in [0.29, 0.717) is 24.3 Å². The van der Waals surface area contributed by atoms with Crippen molar-refractivity contribution in [3.05, 3.63) is 35.9 Å². The fourth-order valence-corrected chi connectivity index (χ4v) is 1.77. The zero-order valence-corrected chi connectivity index (χ0v) is 11.2. The summed E-state index contributed by atoms with van der Waals surface area (Å²) in [5.74, 6) is -0.617. The van der Waals surface area contributed by atoms with Gasteiger partial charge in [0, 0.05) is 12.0 Å². The molecule has 0 saturated carbocycles. The first-order valence-electron chi connectivity index (χ1n) is 6.42. The van der Waals surface area contributed by atoms with Crippen molar-refractivity contribution in [3.63, 3.8) is 0 Å². The van der Waals surface area contributed by atoms with Gasteiger partial charge in [-0.15, -0.1) is 0 Å². The molecule has 1 heterocycles. The Morgan fingerprint density at radius 1 is 1.40 bits per heavy atom. The van der Waals surface area contributed by atoms with Gasteiger partial charge in [-0.3, -0.25) is 4.79 Å². The van der Waals surface area contributed by atoms with E-state index in [-0.39, 0.29) is 12.5 Å². The van der Waals surface area contributed by atoms with E-state index in [4.69, 9.17) is 9.57 Å². The Morgan fingerprint density at radius 3 is 2.85 bits per heavy atom. The van der Waals surface area contributed by atoms with Crippen LogP contribution in [0.3, 0.4) is 0 Å². The van der Waals surface area contributed by atoms with Crippen LogP contribution in [0.15, 0.2) is 35.5 Å². The van der Waals surface area contributed by atoms with E-state index in [1.807, 2.05) is 6.07 Å². The molecular formula is C14H16N2O4. The fraction of sp³-hybridized carbons (Fsp3) is 0.357. The molecule has 0 bridgehead atoms. The van der Waals surface area contributed by atoms with Crippen LogP contribution >= 0.6 is 0 Å². The third kappa shape index (κ3) is 3.57. The number of carbonyl (C=O) groups excluding carboxylic acids is 2. The number of nitrogens with zero attached hydrogens (tertiary/aromatic N) is 1. The third-order valence-corrected chi connectivity index (χ3v) is 2.77. The lowest BCUT2D eigenvalue weighted by Gasteiger charge is -2.06. The van der Waals surface area contributed by atoms with E-state index in [1.165, 1.54) is 0 Å². The zero-order valence-electron chi connectivity index (χ0n) is 11.2. The molecule has 1 aromatic rings. The van der Waals surface area contributed by atoms with Crippen molar-refractivity contribution in [1.82, 2.24) is 5.32 Å². The Kier molecular flexibility index (Phi) is 4.70. The fourth-order valence-electron chi connectivity index (χ4n) is 1.77. The lowest BCUT2D eigenvalue weighted by atomic mass is 10.1. The lowest BCUT2D eigenvalue weighted by Crippen LogP contribution is -2.30. The van der Waals surface area contributed by atoms with Crippen LogP contribution < -0.4 is 5.32 Å². The summed E-state index contributed by atoms with van der Waals surface area (Å²) >= 11 is 0. The predicted molar refractivity (Wildman–Crippen MR) is 72.3 cm³/mol. The summed E-state index contributed by atoms with van der Waals surface area (Å²) in [6, 6.07) is 8.88. The highest BCUT2D eigenvalue weighted by molar-refractivity contribution is 5.99. The molecule has 106 valence electrons. The summed E-state index contributed by atoms with van der Waals surface area (Å²) in [7, 11) is 0. The van der Waals surface area contributed by atoms with Crippen LogP contribution in [0.5, 0.6) is 0 Å². The van der Waals surface area contributed by atoms with Crippen LogP contribution in [-0.2, 0) is 14.4 Å². The number of hydrogen-bond donors (Lipinski definition) is 1. The van der Waals surface area contributed by atoms with E-state index < -0.39 is 12.1 Å². The predicted octanol–water partition coefficient (Wildman–Crippen LogP) is 1.12. The first-order chi connectivity index (χ1) is 9.70. The minimum Gasteiger partial charge on any atom is -0.463 e. The second kappa shape index (κ2) is 6.70. The van der Waals surface area contributed by atoms with Gasteiger partial charge in [0.05, 0.1) is 18.9 Å². The minimum atomic E-state index is -0.696. The first-order valence-corrected chi connectivity index (χ1v) is 6.42. The van der Waals surface area contributed by atoms with E-state index in [2.05, 4.69) is 10.5 Å². The van der Waals surface area contributed by atoms with Gasteiger partial charge in [-0.25, -0.2) is 4.79 Å². The van der Waals surface area contributed by atoms with Crippen molar-refractivity contribution in [2.24, 2.45) is 5.16 Å². The molecule has 6 heteroatoms. The highest BCUT2D eigenvalue weighted by Crippen LogP contribution is 2.11. The van der Waals surface area contributed by atoms with Gasteiger partial charge in [0.1, 0.15) is 0 Å². The number of hydrogen-bond acceptors (Lipinski definition) is 5. The minimum absolute atomic E-state index is 0.187. The van der Waals surface area contributed by atoms with Crippen LogP contribution in [0.25, 0.3) is 0 Å². The maximum absolute atomic E-state index is 11.8. The number of nitrogens with one attached hydrogen (secondary N) is 1. The summed E-state index contributed by atoms with van der Waals surface area (Å²) in [6.45, 7) is 2.29. The zero-order chi connectivity index (χ0) is 14.4. The molecule has 0 fully saturated rings. The number of carbonyl (C=O) groups is 2.